The Morgan fingerprint density at radius 2 is 2.00 bits per heavy atom. The van der Waals surface area contributed by atoms with Crippen molar-refractivity contribution in [3.63, 3.8) is 0 Å². The number of rotatable bonds is 4. The van der Waals surface area contributed by atoms with Crippen molar-refractivity contribution in [2.24, 2.45) is 4.99 Å². The van der Waals surface area contributed by atoms with Gasteiger partial charge in [0, 0.05) is 6.54 Å². The summed E-state index contributed by atoms with van der Waals surface area (Å²) in [6.07, 6.45) is 3.97. The van der Waals surface area contributed by atoms with Crippen LogP contribution >= 0.6 is 0 Å². The zero-order chi connectivity index (χ0) is 16.4. The summed E-state index contributed by atoms with van der Waals surface area (Å²) in [4.78, 5) is 9.09. The van der Waals surface area contributed by atoms with Crippen LogP contribution in [0.25, 0.3) is 22.8 Å². The van der Waals surface area contributed by atoms with Crippen LogP contribution in [0.3, 0.4) is 0 Å². The van der Waals surface area contributed by atoms with Crippen LogP contribution in [0, 0.1) is 0 Å². The summed E-state index contributed by atoms with van der Waals surface area (Å²) in [5, 5.41) is 3.36. The number of hydrogen-bond donors (Lipinski definition) is 1. The van der Waals surface area contributed by atoms with E-state index in [1.807, 2.05) is 48.8 Å². The van der Waals surface area contributed by atoms with Crippen LogP contribution in [-0.2, 0) is 0 Å². The first-order valence-electron chi connectivity index (χ1n) is 7.92. The second-order valence-corrected chi connectivity index (χ2v) is 5.56. The van der Waals surface area contributed by atoms with Gasteiger partial charge < -0.3 is 10.1 Å². The topological polar surface area (TPSA) is 51.4 Å². The van der Waals surface area contributed by atoms with E-state index in [4.69, 9.17) is 4.74 Å². The number of nitrogens with one attached hydrogen (secondary N) is 1. The molecule has 1 aliphatic rings. The Morgan fingerprint density at radius 1 is 1.17 bits per heavy atom. The number of aromatic nitrogens is 2. The summed E-state index contributed by atoms with van der Waals surface area (Å²) in [5.41, 5.74) is 4.11. The van der Waals surface area contributed by atoms with E-state index in [2.05, 4.69) is 32.0 Å². The Hall–Kier alpha value is -3.08. The van der Waals surface area contributed by atoms with Crippen molar-refractivity contribution in [2.75, 3.05) is 20.2 Å². The molecule has 0 saturated heterocycles. The summed E-state index contributed by atoms with van der Waals surface area (Å²) in [7, 11) is 1.67. The van der Waals surface area contributed by atoms with Gasteiger partial charge in [-0.15, -0.1) is 0 Å². The molecule has 0 aliphatic carbocycles. The van der Waals surface area contributed by atoms with Crippen LogP contribution < -0.4 is 10.1 Å². The number of benzene rings is 2. The summed E-state index contributed by atoms with van der Waals surface area (Å²) in [6, 6.07) is 16.1. The van der Waals surface area contributed by atoms with E-state index in [0.29, 0.717) is 0 Å². The number of ether oxygens (including phenoxy) is 1. The van der Waals surface area contributed by atoms with Gasteiger partial charge in [0.1, 0.15) is 17.9 Å². The Bertz CT molecular complexity index is 922. The molecule has 2 heterocycles. The van der Waals surface area contributed by atoms with Crippen LogP contribution in [0.1, 0.15) is 5.56 Å². The third kappa shape index (κ3) is 2.65. The van der Waals surface area contributed by atoms with Gasteiger partial charge in [0.15, 0.2) is 0 Å². The minimum absolute atomic E-state index is 0.794. The van der Waals surface area contributed by atoms with Crippen LogP contribution in [0.4, 0.5) is 0 Å². The molecule has 5 heteroatoms. The first-order chi connectivity index (χ1) is 11.8. The first-order valence-corrected chi connectivity index (χ1v) is 7.92. The van der Waals surface area contributed by atoms with Gasteiger partial charge in [0.2, 0.25) is 0 Å². The molecule has 0 amide bonds. The molecule has 1 aliphatic heterocycles. The molecule has 0 saturated carbocycles. The molecule has 5 nitrogen and oxygen atoms in total. The third-order valence-electron chi connectivity index (χ3n) is 4.05. The van der Waals surface area contributed by atoms with Crippen molar-refractivity contribution >= 4 is 28.6 Å². The summed E-state index contributed by atoms with van der Waals surface area (Å²) in [6.45, 7) is 1.66. The van der Waals surface area contributed by atoms with Crippen LogP contribution in [0.2, 0.25) is 0 Å². The summed E-state index contributed by atoms with van der Waals surface area (Å²) < 4.78 is 7.31. The maximum atomic E-state index is 5.23. The fourth-order valence-corrected chi connectivity index (χ4v) is 2.83. The zero-order valence-corrected chi connectivity index (χ0v) is 13.4. The average molecular weight is 318 g/mol. The third-order valence-corrected chi connectivity index (χ3v) is 4.05. The summed E-state index contributed by atoms with van der Waals surface area (Å²) >= 11 is 0. The molecule has 0 radical (unpaired) electrons. The Balaban J connectivity index is 1.83. The summed E-state index contributed by atoms with van der Waals surface area (Å²) in [5.74, 6) is 1.74. The van der Waals surface area contributed by atoms with E-state index in [1.165, 1.54) is 0 Å². The van der Waals surface area contributed by atoms with E-state index < -0.39 is 0 Å². The molecule has 0 fully saturated rings. The van der Waals surface area contributed by atoms with Gasteiger partial charge in [-0.25, -0.2) is 4.98 Å². The predicted molar refractivity (Wildman–Crippen MR) is 97.2 cm³/mol. The van der Waals surface area contributed by atoms with Crippen molar-refractivity contribution in [2.45, 2.75) is 0 Å². The number of para-hydroxylation sites is 2. The first kappa shape index (κ1) is 14.5. The molecule has 4 rings (SSSR count). The molecule has 0 unspecified atom stereocenters. The van der Waals surface area contributed by atoms with E-state index in [9.17, 15) is 0 Å². The number of amidine groups is 1. The lowest BCUT2D eigenvalue weighted by atomic mass is 10.1. The smallest absolute Gasteiger partial charge is 0.145 e. The minimum Gasteiger partial charge on any atom is -0.497 e. The minimum atomic E-state index is 0.794. The molecule has 1 N–H and O–H groups in total. The molecule has 0 atom stereocenters. The predicted octanol–water partition coefficient (Wildman–Crippen LogP) is 3.04. The highest BCUT2D eigenvalue weighted by molar-refractivity contribution is 6.23. The van der Waals surface area contributed by atoms with Crippen molar-refractivity contribution in [3.8, 4) is 5.75 Å². The van der Waals surface area contributed by atoms with Crippen LogP contribution in [-0.4, -0.2) is 35.6 Å². The molecule has 24 heavy (non-hydrogen) atoms. The van der Waals surface area contributed by atoms with E-state index >= 15 is 0 Å². The number of methoxy groups -OCH3 is 1. The molecular weight excluding hydrogens is 300 g/mol. The fraction of sp³-hybridized carbons (Fsp3) is 0.158. The Kier molecular flexibility index (Phi) is 3.75. The van der Waals surface area contributed by atoms with Crippen molar-refractivity contribution in [1.82, 2.24) is 14.9 Å². The number of fused-ring (bicyclic) bond motifs is 1. The second-order valence-electron chi connectivity index (χ2n) is 5.56. The molecule has 2 aromatic carbocycles. The van der Waals surface area contributed by atoms with Crippen molar-refractivity contribution < 1.29 is 4.74 Å². The molecule has 3 aromatic rings. The van der Waals surface area contributed by atoms with Gasteiger partial charge in [-0.1, -0.05) is 24.3 Å². The Labute approximate surface area is 140 Å². The highest BCUT2D eigenvalue weighted by atomic mass is 16.5. The lowest BCUT2D eigenvalue weighted by molar-refractivity contribution is 0.415. The Morgan fingerprint density at radius 3 is 2.75 bits per heavy atom. The quantitative estimate of drug-likeness (QED) is 0.804. The van der Waals surface area contributed by atoms with Gasteiger partial charge >= 0.3 is 0 Å². The normalized spacial score (nSPS) is 14.5. The largest absolute Gasteiger partial charge is 0.497 e. The average Bonchev–Trinajstić information content (AvgIpc) is 3.30. The van der Waals surface area contributed by atoms with Crippen molar-refractivity contribution in [3.05, 3.63) is 60.4 Å². The monoisotopic (exact) mass is 318 g/mol. The number of nitrogens with zero attached hydrogens (tertiary/aromatic N) is 3. The SMILES string of the molecule is COc1ccc(/C=C(/C2=NCCN2)n2cnc3ccccc32)cc1. The van der Waals surface area contributed by atoms with Gasteiger partial charge in [0.05, 0.1) is 30.4 Å². The lowest BCUT2D eigenvalue weighted by Gasteiger charge is -2.11. The van der Waals surface area contributed by atoms with Crippen molar-refractivity contribution in [1.29, 1.82) is 0 Å². The second kappa shape index (κ2) is 6.20. The van der Waals surface area contributed by atoms with Gasteiger partial charge in [0.25, 0.3) is 0 Å². The standard InChI is InChI=1S/C19H18N4O/c1-24-15-8-6-14(7-9-15)12-18(19-20-10-11-21-19)23-13-22-16-4-2-3-5-17(16)23/h2-9,12-13H,10-11H2,1H3,(H,20,21)/b18-12-. The van der Waals surface area contributed by atoms with E-state index in [-0.39, 0.29) is 0 Å². The van der Waals surface area contributed by atoms with Gasteiger partial charge in [-0.05, 0) is 35.9 Å². The highest BCUT2D eigenvalue weighted by Gasteiger charge is 2.15. The van der Waals surface area contributed by atoms with E-state index in [0.717, 1.165) is 47.0 Å². The number of aliphatic imine (C=N–C) groups is 1. The van der Waals surface area contributed by atoms with Gasteiger partial charge in [-0.3, -0.25) is 9.56 Å². The van der Waals surface area contributed by atoms with Crippen LogP contribution in [0.5, 0.6) is 5.75 Å². The molecule has 0 spiro atoms. The number of imidazole rings is 1. The highest BCUT2D eigenvalue weighted by Crippen LogP contribution is 2.22. The van der Waals surface area contributed by atoms with Gasteiger partial charge in [-0.2, -0.15) is 0 Å². The zero-order valence-electron chi connectivity index (χ0n) is 13.4. The molecule has 0 bridgehead atoms. The van der Waals surface area contributed by atoms with Crippen LogP contribution in [0.15, 0.2) is 59.9 Å². The maximum absolute atomic E-state index is 5.23. The fourth-order valence-electron chi connectivity index (χ4n) is 2.83. The molecule has 1 aromatic heterocycles. The number of hydrogen-bond acceptors (Lipinski definition) is 4. The molecular formula is C19H18N4O. The maximum Gasteiger partial charge on any atom is 0.145 e. The molecule has 120 valence electrons. The lowest BCUT2D eigenvalue weighted by Crippen LogP contribution is -2.22. The van der Waals surface area contributed by atoms with E-state index in [1.54, 1.807) is 7.11 Å².